The number of ketones is 1. The van der Waals surface area contributed by atoms with Crippen LogP contribution in [0.5, 0.6) is 0 Å². The van der Waals surface area contributed by atoms with E-state index in [9.17, 15) is 4.79 Å². The average Bonchev–Trinajstić information content (AvgIpc) is 2.86. The summed E-state index contributed by atoms with van der Waals surface area (Å²) in [5, 5.41) is 0. The Morgan fingerprint density at radius 2 is 1.94 bits per heavy atom. The molecular formula is C12H19NO4. The van der Waals surface area contributed by atoms with E-state index in [1.54, 1.807) is 26.4 Å². The summed E-state index contributed by atoms with van der Waals surface area (Å²) >= 11 is 0. The zero-order valence-electron chi connectivity index (χ0n) is 10.3. The summed E-state index contributed by atoms with van der Waals surface area (Å²) in [5.41, 5.74) is 0. The number of ether oxygens (including phenoxy) is 2. The van der Waals surface area contributed by atoms with E-state index in [2.05, 4.69) is 0 Å². The predicted molar refractivity (Wildman–Crippen MR) is 63.2 cm³/mol. The Balaban J connectivity index is 2.43. The third kappa shape index (κ3) is 5.12. The Morgan fingerprint density at radius 3 is 2.41 bits per heavy atom. The van der Waals surface area contributed by atoms with Gasteiger partial charge in [0.25, 0.3) is 0 Å². The van der Waals surface area contributed by atoms with E-state index in [4.69, 9.17) is 13.9 Å². The van der Waals surface area contributed by atoms with E-state index < -0.39 is 0 Å². The third-order valence-corrected chi connectivity index (χ3v) is 2.39. The maximum absolute atomic E-state index is 11.8. The highest BCUT2D eigenvalue weighted by molar-refractivity contribution is 5.94. The molecule has 0 aliphatic heterocycles. The summed E-state index contributed by atoms with van der Waals surface area (Å²) in [7, 11) is 3.28. The number of hydrogen-bond acceptors (Lipinski definition) is 5. The van der Waals surface area contributed by atoms with Crippen LogP contribution in [0.1, 0.15) is 10.6 Å². The van der Waals surface area contributed by atoms with E-state index in [1.807, 2.05) is 4.90 Å². The molecule has 0 aliphatic carbocycles. The topological polar surface area (TPSA) is 51.9 Å². The van der Waals surface area contributed by atoms with Gasteiger partial charge in [-0.25, -0.2) is 0 Å². The Kier molecular flexibility index (Phi) is 6.54. The van der Waals surface area contributed by atoms with Gasteiger partial charge in [-0.3, -0.25) is 9.69 Å². The number of nitrogens with zero attached hydrogens (tertiary/aromatic N) is 1. The molecule has 0 spiro atoms. The standard InChI is InChI=1S/C12H19NO4/c1-15-8-5-13(6-9-16-2)10-11(14)12-4-3-7-17-12/h3-4,7H,5-6,8-10H2,1-2H3. The molecule has 0 saturated heterocycles. The fraction of sp³-hybridized carbons (Fsp3) is 0.583. The zero-order valence-corrected chi connectivity index (χ0v) is 10.3. The van der Waals surface area contributed by atoms with Gasteiger partial charge in [-0.05, 0) is 12.1 Å². The zero-order chi connectivity index (χ0) is 12.5. The highest BCUT2D eigenvalue weighted by Gasteiger charge is 2.14. The maximum Gasteiger partial charge on any atom is 0.211 e. The van der Waals surface area contributed by atoms with Crippen LogP contribution in [-0.4, -0.2) is 57.8 Å². The van der Waals surface area contributed by atoms with Crippen LogP contribution in [0.15, 0.2) is 22.8 Å². The maximum atomic E-state index is 11.8. The van der Waals surface area contributed by atoms with Crippen molar-refractivity contribution in [2.45, 2.75) is 0 Å². The number of carbonyl (C=O) groups is 1. The lowest BCUT2D eigenvalue weighted by molar-refractivity contribution is 0.0814. The summed E-state index contributed by atoms with van der Waals surface area (Å²) in [6.45, 7) is 2.91. The van der Waals surface area contributed by atoms with E-state index >= 15 is 0 Å². The summed E-state index contributed by atoms with van der Waals surface area (Å²) in [6, 6.07) is 3.38. The molecule has 0 radical (unpaired) electrons. The van der Waals surface area contributed by atoms with Crippen molar-refractivity contribution >= 4 is 5.78 Å². The molecular weight excluding hydrogens is 222 g/mol. The predicted octanol–water partition coefficient (Wildman–Crippen LogP) is 1.06. The van der Waals surface area contributed by atoms with Crippen LogP contribution in [0.3, 0.4) is 0 Å². The van der Waals surface area contributed by atoms with Gasteiger partial charge in [-0.1, -0.05) is 0 Å². The number of rotatable bonds is 9. The van der Waals surface area contributed by atoms with Crippen molar-refractivity contribution in [3.8, 4) is 0 Å². The summed E-state index contributed by atoms with van der Waals surface area (Å²) in [4.78, 5) is 13.8. The molecule has 0 atom stereocenters. The second-order valence-corrected chi connectivity index (χ2v) is 3.66. The van der Waals surface area contributed by atoms with Crippen LogP contribution in [0.4, 0.5) is 0 Å². The van der Waals surface area contributed by atoms with Gasteiger partial charge in [0.15, 0.2) is 5.76 Å². The molecule has 1 aromatic rings. The molecule has 0 fully saturated rings. The molecule has 5 nitrogen and oxygen atoms in total. The Bertz CT molecular complexity index is 302. The molecule has 1 rings (SSSR count). The first-order valence-electron chi connectivity index (χ1n) is 5.55. The van der Waals surface area contributed by atoms with Crippen LogP contribution >= 0.6 is 0 Å². The summed E-state index contributed by atoms with van der Waals surface area (Å²) < 4.78 is 15.1. The van der Waals surface area contributed by atoms with Crippen molar-refractivity contribution in [1.29, 1.82) is 0 Å². The monoisotopic (exact) mass is 241 g/mol. The minimum atomic E-state index is -0.0257. The molecule has 0 saturated carbocycles. The molecule has 1 heterocycles. The average molecular weight is 241 g/mol. The smallest absolute Gasteiger partial charge is 0.211 e. The van der Waals surface area contributed by atoms with E-state index in [1.165, 1.54) is 6.26 Å². The second-order valence-electron chi connectivity index (χ2n) is 3.66. The van der Waals surface area contributed by atoms with Crippen molar-refractivity contribution < 1.29 is 18.7 Å². The van der Waals surface area contributed by atoms with E-state index in [-0.39, 0.29) is 5.78 Å². The van der Waals surface area contributed by atoms with Gasteiger partial charge >= 0.3 is 0 Å². The lowest BCUT2D eigenvalue weighted by Crippen LogP contribution is -2.35. The molecule has 96 valence electrons. The first-order chi connectivity index (χ1) is 8.27. The minimum Gasteiger partial charge on any atom is -0.461 e. The molecule has 0 bridgehead atoms. The van der Waals surface area contributed by atoms with E-state index in [0.717, 1.165) is 0 Å². The Morgan fingerprint density at radius 1 is 1.29 bits per heavy atom. The third-order valence-electron chi connectivity index (χ3n) is 2.39. The summed E-state index contributed by atoms with van der Waals surface area (Å²) in [5.74, 6) is 0.368. The van der Waals surface area contributed by atoms with Crippen molar-refractivity contribution in [1.82, 2.24) is 4.90 Å². The number of methoxy groups -OCH3 is 2. The van der Waals surface area contributed by atoms with Crippen LogP contribution in [0.25, 0.3) is 0 Å². The molecule has 0 N–H and O–H groups in total. The number of hydrogen-bond donors (Lipinski definition) is 0. The van der Waals surface area contributed by atoms with Crippen molar-refractivity contribution in [3.63, 3.8) is 0 Å². The first kappa shape index (κ1) is 13.9. The molecule has 17 heavy (non-hydrogen) atoms. The fourth-order valence-corrected chi connectivity index (χ4v) is 1.43. The van der Waals surface area contributed by atoms with Crippen LogP contribution in [-0.2, 0) is 9.47 Å². The summed E-state index contributed by atoms with van der Waals surface area (Å²) in [6.07, 6.45) is 1.50. The Labute approximate surface area is 101 Å². The lowest BCUT2D eigenvalue weighted by atomic mass is 10.3. The second kappa shape index (κ2) is 8.00. The molecule has 0 aliphatic rings. The van der Waals surface area contributed by atoms with Crippen molar-refractivity contribution in [2.75, 3.05) is 47.1 Å². The van der Waals surface area contributed by atoms with Gasteiger partial charge < -0.3 is 13.9 Å². The normalized spacial score (nSPS) is 11.0. The highest BCUT2D eigenvalue weighted by atomic mass is 16.5. The first-order valence-corrected chi connectivity index (χ1v) is 5.55. The molecule has 0 amide bonds. The molecule has 0 aromatic carbocycles. The van der Waals surface area contributed by atoms with Gasteiger partial charge in [0.1, 0.15) is 0 Å². The number of furan rings is 1. The quantitative estimate of drug-likeness (QED) is 0.605. The molecule has 5 heteroatoms. The SMILES string of the molecule is COCCN(CCOC)CC(=O)c1ccco1. The van der Waals surface area contributed by atoms with Gasteiger partial charge in [0, 0.05) is 27.3 Å². The van der Waals surface area contributed by atoms with Crippen LogP contribution in [0.2, 0.25) is 0 Å². The number of Topliss-reactive ketones (excluding diaryl/α,β-unsaturated/α-hetero) is 1. The van der Waals surface area contributed by atoms with Gasteiger partial charge in [-0.15, -0.1) is 0 Å². The minimum absolute atomic E-state index is 0.0257. The largest absolute Gasteiger partial charge is 0.461 e. The Hall–Kier alpha value is -1.17. The molecule has 1 aromatic heterocycles. The van der Waals surface area contributed by atoms with Gasteiger partial charge in [-0.2, -0.15) is 0 Å². The van der Waals surface area contributed by atoms with E-state index in [0.29, 0.717) is 38.6 Å². The van der Waals surface area contributed by atoms with Crippen LogP contribution in [0, 0.1) is 0 Å². The number of carbonyl (C=O) groups excluding carboxylic acids is 1. The highest BCUT2D eigenvalue weighted by Crippen LogP contribution is 2.03. The van der Waals surface area contributed by atoms with Crippen LogP contribution < -0.4 is 0 Å². The molecule has 0 unspecified atom stereocenters. The lowest BCUT2D eigenvalue weighted by Gasteiger charge is -2.20. The van der Waals surface area contributed by atoms with Gasteiger partial charge in [0.05, 0.1) is 26.0 Å². The fourth-order valence-electron chi connectivity index (χ4n) is 1.43. The van der Waals surface area contributed by atoms with Crippen molar-refractivity contribution in [2.24, 2.45) is 0 Å². The van der Waals surface area contributed by atoms with Crippen molar-refractivity contribution in [3.05, 3.63) is 24.2 Å². The van der Waals surface area contributed by atoms with Gasteiger partial charge in [0.2, 0.25) is 5.78 Å².